The Morgan fingerprint density at radius 3 is 2.36 bits per heavy atom. The monoisotopic (exact) mass is 546 g/mol. The van der Waals surface area contributed by atoms with Crippen LogP contribution in [0.3, 0.4) is 0 Å². The normalized spacial score (nSPS) is 16.5. The van der Waals surface area contributed by atoms with Crippen LogP contribution < -0.4 is 9.64 Å². The first-order chi connectivity index (χ1) is 19.0. The SMILES string of the molecule is COc1ccccc1CCN1CCC[C@H]1CN1c2ccccc2CSc2ccccc21.O=C(O)/C=C\C(=O)O. The largest absolute Gasteiger partial charge is 0.496 e. The molecule has 0 aromatic heterocycles. The highest BCUT2D eigenvalue weighted by Crippen LogP contribution is 2.43. The van der Waals surface area contributed by atoms with Crippen LogP contribution in [0.2, 0.25) is 0 Å². The van der Waals surface area contributed by atoms with E-state index < -0.39 is 11.9 Å². The fraction of sp³-hybridized carbons (Fsp3) is 0.290. The highest BCUT2D eigenvalue weighted by molar-refractivity contribution is 7.98. The number of para-hydroxylation sites is 3. The van der Waals surface area contributed by atoms with E-state index in [1.165, 1.54) is 46.8 Å². The van der Waals surface area contributed by atoms with E-state index in [2.05, 4.69) is 76.5 Å². The Labute approximate surface area is 233 Å². The third-order valence-corrected chi connectivity index (χ3v) is 8.05. The highest BCUT2D eigenvalue weighted by Gasteiger charge is 2.29. The van der Waals surface area contributed by atoms with Crippen molar-refractivity contribution in [2.75, 3.05) is 31.6 Å². The van der Waals surface area contributed by atoms with Crippen molar-refractivity contribution in [2.45, 2.75) is 36.0 Å². The molecule has 204 valence electrons. The van der Waals surface area contributed by atoms with Crippen LogP contribution in [-0.4, -0.2) is 59.8 Å². The van der Waals surface area contributed by atoms with E-state index in [0.717, 1.165) is 31.0 Å². The van der Waals surface area contributed by atoms with Crippen LogP contribution in [0.25, 0.3) is 0 Å². The van der Waals surface area contributed by atoms with Gasteiger partial charge in [0.15, 0.2) is 0 Å². The summed E-state index contributed by atoms with van der Waals surface area (Å²) in [6.07, 6.45) is 4.69. The third kappa shape index (κ3) is 7.65. The maximum atomic E-state index is 9.55. The van der Waals surface area contributed by atoms with Crippen molar-refractivity contribution in [3.05, 3.63) is 96.1 Å². The van der Waals surface area contributed by atoms with Gasteiger partial charge < -0.3 is 19.8 Å². The maximum Gasteiger partial charge on any atom is 0.328 e. The summed E-state index contributed by atoms with van der Waals surface area (Å²) in [4.78, 5) is 25.8. The van der Waals surface area contributed by atoms with Gasteiger partial charge in [0.2, 0.25) is 0 Å². The van der Waals surface area contributed by atoms with Crippen LogP contribution in [0.1, 0.15) is 24.0 Å². The highest BCUT2D eigenvalue weighted by atomic mass is 32.2. The van der Waals surface area contributed by atoms with Crippen LogP contribution in [0.5, 0.6) is 5.75 Å². The smallest absolute Gasteiger partial charge is 0.328 e. The Morgan fingerprint density at radius 1 is 0.949 bits per heavy atom. The lowest BCUT2D eigenvalue weighted by Gasteiger charge is -2.33. The molecule has 3 aromatic carbocycles. The minimum atomic E-state index is -1.26. The van der Waals surface area contributed by atoms with Crippen LogP contribution in [0, 0.1) is 0 Å². The Kier molecular flexibility index (Phi) is 10.1. The van der Waals surface area contributed by atoms with Crippen molar-refractivity contribution in [3.8, 4) is 5.75 Å². The predicted molar refractivity (Wildman–Crippen MR) is 155 cm³/mol. The zero-order valence-corrected chi connectivity index (χ0v) is 22.8. The topological polar surface area (TPSA) is 90.3 Å². The number of anilines is 2. The van der Waals surface area contributed by atoms with Gasteiger partial charge in [-0.25, -0.2) is 9.59 Å². The number of benzene rings is 3. The van der Waals surface area contributed by atoms with Gasteiger partial charge in [0, 0.05) is 47.6 Å². The minimum absolute atomic E-state index is 0.558. The van der Waals surface area contributed by atoms with Crippen molar-refractivity contribution in [3.63, 3.8) is 0 Å². The Morgan fingerprint density at radius 2 is 1.62 bits per heavy atom. The lowest BCUT2D eigenvalue weighted by Crippen LogP contribution is -2.39. The van der Waals surface area contributed by atoms with Crippen molar-refractivity contribution in [2.24, 2.45) is 0 Å². The van der Waals surface area contributed by atoms with E-state index >= 15 is 0 Å². The summed E-state index contributed by atoms with van der Waals surface area (Å²) >= 11 is 1.96. The van der Waals surface area contributed by atoms with Crippen molar-refractivity contribution >= 4 is 35.1 Å². The molecule has 2 heterocycles. The molecule has 0 saturated carbocycles. The Bertz CT molecular complexity index is 1250. The van der Waals surface area contributed by atoms with Crippen LogP contribution in [0.4, 0.5) is 11.4 Å². The molecule has 3 aromatic rings. The lowest BCUT2D eigenvalue weighted by molar-refractivity contribution is -0.134. The first-order valence-electron chi connectivity index (χ1n) is 13.0. The molecule has 0 amide bonds. The average Bonchev–Trinajstić information content (AvgIpc) is 3.33. The molecule has 0 unspecified atom stereocenters. The molecule has 2 N–H and O–H groups in total. The molecule has 39 heavy (non-hydrogen) atoms. The molecular formula is C31H34N2O5S. The second-order valence-electron chi connectivity index (χ2n) is 9.40. The molecule has 8 heteroatoms. The number of likely N-dealkylation sites (tertiary alicyclic amines) is 1. The quantitative estimate of drug-likeness (QED) is 0.340. The fourth-order valence-electron chi connectivity index (χ4n) is 5.10. The van der Waals surface area contributed by atoms with Gasteiger partial charge >= 0.3 is 11.9 Å². The van der Waals surface area contributed by atoms with E-state index in [0.29, 0.717) is 18.2 Å². The molecule has 1 fully saturated rings. The Balaban J connectivity index is 0.000000386. The average molecular weight is 547 g/mol. The van der Waals surface area contributed by atoms with Gasteiger partial charge in [-0.2, -0.15) is 0 Å². The first-order valence-corrected chi connectivity index (χ1v) is 14.0. The predicted octanol–water partition coefficient (Wildman–Crippen LogP) is 5.86. The summed E-state index contributed by atoms with van der Waals surface area (Å²) < 4.78 is 5.57. The molecule has 5 rings (SSSR count). The molecule has 0 aliphatic carbocycles. The number of carbonyl (C=O) groups is 2. The zero-order valence-electron chi connectivity index (χ0n) is 22.0. The number of hydrogen-bond donors (Lipinski definition) is 2. The van der Waals surface area contributed by atoms with Gasteiger partial charge in [-0.15, -0.1) is 11.8 Å². The van der Waals surface area contributed by atoms with E-state index in [9.17, 15) is 9.59 Å². The van der Waals surface area contributed by atoms with Crippen LogP contribution in [-0.2, 0) is 21.8 Å². The third-order valence-electron chi connectivity index (χ3n) is 6.94. The van der Waals surface area contributed by atoms with Crippen molar-refractivity contribution < 1.29 is 24.5 Å². The molecule has 0 spiro atoms. The van der Waals surface area contributed by atoms with Crippen molar-refractivity contribution in [1.29, 1.82) is 0 Å². The second-order valence-corrected chi connectivity index (χ2v) is 10.4. The van der Waals surface area contributed by atoms with Crippen molar-refractivity contribution in [1.82, 2.24) is 4.90 Å². The van der Waals surface area contributed by atoms with Gasteiger partial charge in [-0.3, -0.25) is 4.90 Å². The number of aliphatic carboxylic acids is 2. The number of fused-ring (bicyclic) bond motifs is 2. The lowest BCUT2D eigenvalue weighted by atomic mass is 10.1. The van der Waals surface area contributed by atoms with Gasteiger partial charge in [0.05, 0.1) is 12.8 Å². The maximum absolute atomic E-state index is 9.55. The Hall–Kier alpha value is -3.75. The summed E-state index contributed by atoms with van der Waals surface area (Å²) in [5, 5.41) is 15.6. The van der Waals surface area contributed by atoms with Gasteiger partial charge in [-0.1, -0.05) is 48.5 Å². The van der Waals surface area contributed by atoms with E-state index in [1.54, 1.807) is 7.11 Å². The zero-order chi connectivity index (χ0) is 27.6. The summed E-state index contributed by atoms with van der Waals surface area (Å²) in [6, 6.07) is 26.8. The molecule has 7 nitrogen and oxygen atoms in total. The van der Waals surface area contributed by atoms with Crippen LogP contribution in [0.15, 0.2) is 89.8 Å². The number of ether oxygens (including phenoxy) is 1. The molecular weight excluding hydrogens is 512 g/mol. The number of carboxylic acids is 2. The van der Waals surface area contributed by atoms with E-state index in [1.807, 2.05) is 17.8 Å². The summed E-state index contributed by atoms with van der Waals surface area (Å²) in [5.41, 5.74) is 5.46. The van der Waals surface area contributed by atoms with E-state index in [4.69, 9.17) is 14.9 Å². The molecule has 1 atom stereocenters. The standard InChI is InChI=1S/C27H30N2OS.C4H4O4/c1-30-26-14-6-3-9-21(26)16-18-28-17-8-11-23(28)19-29-24-12-4-2-10-22(24)20-31-27-15-7-5-13-25(27)29;5-3(6)1-2-4(7)8/h2-7,9-10,12-15,23H,8,11,16-20H2,1H3;1-2H,(H,5,6)(H,7,8)/b;2-1-/t23-;/m0./s1. The number of hydrogen-bond acceptors (Lipinski definition) is 6. The summed E-state index contributed by atoms with van der Waals surface area (Å²) in [6.45, 7) is 3.31. The minimum Gasteiger partial charge on any atom is -0.496 e. The summed E-state index contributed by atoms with van der Waals surface area (Å²) in [5.74, 6) is -0.475. The number of carboxylic acid groups (broad SMARTS) is 2. The number of nitrogens with zero attached hydrogens (tertiary/aromatic N) is 2. The number of thioether (sulfide) groups is 1. The first kappa shape index (κ1) is 28.3. The van der Waals surface area contributed by atoms with Gasteiger partial charge in [0.1, 0.15) is 5.75 Å². The molecule has 2 aliphatic heterocycles. The number of methoxy groups -OCH3 is 1. The number of rotatable bonds is 8. The van der Waals surface area contributed by atoms with E-state index in [-0.39, 0.29) is 0 Å². The molecule has 1 saturated heterocycles. The second kappa shape index (κ2) is 13.9. The molecule has 0 radical (unpaired) electrons. The molecule has 2 aliphatic rings. The molecule has 0 bridgehead atoms. The summed E-state index contributed by atoms with van der Waals surface area (Å²) in [7, 11) is 1.77. The van der Waals surface area contributed by atoms with Gasteiger partial charge in [0.25, 0.3) is 0 Å². The van der Waals surface area contributed by atoms with Crippen LogP contribution >= 0.6 is 11.8 Å². The van der Waals surface area contributed by atoms with Gasteiger partial charge in [-0.05, 0) is 61.2 Å². The fourth-order valence-corrected chi connectivity index (χ4v) is 6.16.